The highest BCUT2D eigenvalue weighted by molar-refractivity contribution is 6.17. The molecule has 0 amide bonds. The molecule has 9 aromatic heterocycles. The Hall–Kier alpha value is -9.46. The van der Waals surface area contributed by atoms with Gasteiger partial charge < -0.3 is 18.3 Å². The van der Waals surface area contributed by atoms with E-state index in [2.05, 4.69) is 152 Å². The number of rotatable bonds is 5. The van der Waals surface area contributed by atoms with Crippen LogP contribution in [0.4, 0.5) is 0 Å². The lowest BCUT2D eigenvalue weighted by atomic mass is 9.91. The number of benzene rings is 5. The van der Waals surface area contributed by atoms with Crippen molar-refractivity contribution >= 4 is 87.2 Å². The van der Waals surface area contributed by atoms with E-state index in [1.54, 1.807) is 0 Å². The van der Waals surface area contributed by atoms with Crippen LogP contribution in [0, 0.1) is 25.2 Å². The molecule has 0 radical (unpaired) electrons. The highest BCUT2D eigenvalue weighted by Gasteiger charge is 2.35. The van der Waals surface area contributed by atoms with Crippen molar-refractivity contribution in [2.75, 3.05) is 0 Å². The number of nitrogens with zero attached hydrogens (tertiary/aromatic N) is 10. The van der Waals surface area contributed by atoms with Gasteiger partial charge in [-0.3, -0.25) is 24.9 Å². The van der Waals surface area contributed by atoms with Gasteiger partial charge >= 0.3 is 0 Å². The second-order valence-corrected chi connectivity index (χ2v) is 17.3. The van der Waals surface area contributed by atoms with Crippen molar-refractivity contribution in [3.63, 3.8) is 0 Å². The standard InChI is InChI=1S/C58H36N10/c1-34-19-20-36(35(2)64-34)54-45(29-59)55(65-46-15-7-3-11-37(46)41-21-25-60-30-50(41)65)57(67-48-17-9-5-13-39(48)43-23-27-62-32-52(43)67)58(68-49-18-10-6-14-40(49)44-24-28-63-33-53(44)68)56(54)66-47-16-8-4-12-38(47)42-22-26-61-31-51(42)66/h3-28,30-33H,1-2H3. The van der Waals surface area contributed by atoms with E-state index in [0.29, 0.717) is 11.3 Å². The second kappa shape index (κ2) is 14.3. The summed E-state index contributed by atoms with van der Waals surface area (Å²) < 4.78 is 9.28. The van der Waals surface area contributed by atoms with Gasteiger partial charge in [0, 0.05) is 90.4 Å². The molecule has 0 aliphatic heterocycles. The highest BCUT2D eigenvalue weighted by Crippen LogP contribution is 2.51. The molecule has 0 fully saturated rings. The fraction of sp³-hybridized carbons (Fsp3) is 0.0345. The maximum Gasteiger partial charge on any atom is 0.102 e. The molecular weight excluding hydrogens is 837 g/mol. The van der Waals surface area contributed by atoms with Crippen LogP contribution in [0.25, 0.3) is 121 Å². The number of aryl methyl sites for hydroxylation is 2. The van der Waals surface area contributed by atoms with Crippen LogP contribution in [0.15, 0.2) is 183 Å². The van der Waals surface area contributed by atoms with E-state index in [1.165, 1.54) is 0 Å². The van der Waals surface area contributed by atoms with Gasteiger partial charge in [-0.25, -0.2) is 0 Å². The van der Waals surface area contributed by atoms with Crippen LogP contribution in [0.5, 0.6) is 0 Å². The molecule has 0 bridgehead atoms. The first-order valence-corrected chi connectivity index (χ1v) is 22.5. The first-order chi connectivity index (χ1) is 33.6. The summed E-state index contributed by atoms with van der Waals surface area (Å²) in [5, 5.41) is 20.8. The summed E-state index contributed by atoms with van der Waals surface area (Å²) in [6.07, 6.45) is 15.2. The summed E-state index contributed by atoms with van der Waals surface area (Å²) in [6, 6.07) is 49.4. The number of hydrogen-bond acceptors (Lipinski definition) is 6. The third-order valence-corrected chi connectivity index (χ3v) is 13.8. The molecule has 0 atom stereocenters. The minimum atomic E-state index is 0.461. The first kappa shape index (κ1) is 37.9. The topological polar surface area (TPSA) is 108 Å². The summed E-state index contributed by atoms with van der Waals surface area (Å²) in [5.74, 6) is 0. The van der Waals surface area contributed by atoms with Crippen LogP contribution in [-0.2, 0) is 0 Å². The van der Waals surface area contributed by atoms with Gasteiger partial charge in [0.15, 0.2) is 0 Å². The highest BCUT2D eigenvalue weighted by atomic mass is 15.1. The predicted octanol–water partition coefficient (Wildman–Crippen LogP) is 13.2. The van der Waals surface area contributed by atoms with Gasteiger partial charge in [-0.05, 0) is 68.4 Å². The molecule has 68 heavy (non-hydrogen) atoms. The lowest BCUT2D eigenvalue weighted by Crippen LogP contribution is -2.17. The lowest BCUT2D eigenvalue weighted by molar-refractivity contribution is 1.01. The average molecular weight is 873 g/mol. The van der Waals surface area contributed by atoms with Crippen LogP contribution in [0.3, 0.4) is 0 Å². The normalized spacial score (nSPS) is 12.0. The van der Waals surface area contributed by atoms with Gasteiger partial charge in [0.25, 0.3) is 0 Å². The third-order valence-electron chi connectivity index (χ3n) is 13.8. The minimum absolute atomic E-state index is 0.461. The molecule has 5 aromatic carbocycles. The van der Waals surface area contributed by atoms with Crippen molar-refractivity contribution in [1.82, 2.24) is 43.2 Å². The van der Waals surface area contributed by atoms with E-state index in [9.17, 15) is 5.26 Å². The Morgan fingerprint density at radius 1 is 0.368 bits per heavy atom. The Kier molecular flexibility index (Phi) is 7.95. The lowest BCUT2D eigenvalue weighted by Gasteiger charge is -2.29. The van der Waals surface area contributed by atoms with E-state index in [1.807, 2.05) is 69.5 Å². The number of pyridine rings is 5. The summed E-state index contributed by atoms with van der Waals surface area (Å²) in [5.41, 5.74) is 14.1. The molecule has 0 unspecified atom stereocenters. The number of fused-ring (bicyclic) bond motifs is 12. The molecule has 0 aliphatic rings. The minimum Gasteiger partial charge on any atom is -0.305 e. The van der Waals surface area contributed by atoms with Crippen LogP contribution in [0.1, 0.15) is 17.0 Å². The van der Waals surface area contributed by atoms with E-state index >= 15 is 0 Å². The van der Waals surface area contributed by atoms with Crippen molar-refractivity contribution in [1.29, 1.82) is 5.26 Å². The van der Waals surface area contributed by atoms with Crippen LogP contribution >= 0.6 is 0 Å². The zero-order valence-corrected chi connectivity index (χ0v) is 36.8. The molecular formula is C58H36N10. The molecule has 0 saturated heterocycles. The Labute approximate surface area is 387 Å². The maximum atomic E-state index is 12.5. The molecule has 0 aliphatic carbocycles. The zero-order chi connectivity index (χ0) is 45.2. The van der Waals surface area contributed by atoms with Gasteiger partial charge in [-0.15, -0.1) is 0 Å². The third kappa shape index (κ3) is 5.07. The van der Waals surface area contributed by atoms with Crippen LogP contribution in [0.2, 0.25) is 0 Å². The molecule has 14 aromatic rings. The second-order valence-electron chi connectivity index (χ2n) is 17.3. The van der Waals surface area contributed by atoms with Crippen molar-refractivity contribution in [2.45, 2.75) is 13.8 Å². The Morgan fingerprint density at radius 3 is 1.09 bits per heavy atom. The molecule has 0 spiro atoms. The Balaban J connectivity index is 1.39. The quantitative estimate of drug-likeness (QED) is 0.170. The average Bonchev–Trinajstić information content (AvgIpc) is 4.11. The molecule has 0 saturated carbocycles. The van der Waals surface area contributed by atoms with E-state index < -0.39 is 0 Å². The summed E-state index contributed by atoms with van der Waals surface area (Å²) >= 11 is 0. The van der Waals surface area contributed by atoms with E-state index in [4.69, 9.17) is 24.9 Å². The van der Waals surface area contributed by atoms with Crippen LogP contribution in [-0.4, -0.2) is 43.2 Å². The van der Waals surface area contributed by atoms with Gasteiger partial charge in [0.1, 0.15) is 6.07 Å². The van der Waals surface area contributed by atoms with Gasteiger partial charge in [0.2, 0.25) is 0 Å². The first-order valence-electron chi connectivity index (χ1n) is 22.5. The molecule has 0 N–H and O–H groups in total. The molecule has 318 valence electrons. The van der Waals surface area contributed by atoms with E-state index in [0.717, 1.165) is 127 Å². The molecule has 10 nitrogen and oxygen atoms in total. The zero-order valence-electron chi connectivity index (χ0n) is 36.8. The SMILES string of the molecule is Cc1ccc(-c2c(C#N)c(-n3c4ccccc4c4ccncc43)c(-n3c4ccccc4c4ccncc43)c(-n3c4ccccc4c4ccncc43)c2-n2c3ccccc3c3ccncc32)c(C)n1. The Bertz CT molecular complexity index is 4290. The van der Waals surface area contributed by atoms with Crippen molar-refractivity contribution in [2.24, 2.45) is 0 Å². The fourth-order valence-electron chi connectivity index (χ4n) is 11.1. The molecule has 10 heteroatoms. The number of aromatic nitrogens is 9. The predicted molar refractivity (Wildman–Crippen MR) is 272 cm³/mol. The molecule has 9 heterocycles. The Morgan fingerprint density at radius 2 is 0.706 bits per heavy atom. The van der Waals surface area contributed by atoms with Gasteiger partial charge in [-0.2, -0.15) is 5.26 Å². The summed E-state index contributed by atoms with van der Waals surface area (Å²) in [4.78, 5) is 24.4. The smallest absolute Gasteiger partial charge is 0.102 e. The fourth-order valence-corrected chi connectivity index (χ4v) is 11.1. The van der Waals surface area contributed by atoms with Crippen molar-refractivity contribution in [3.05, 3.63) is 200 Å². The number of nitriles is 1. The van der Waals surface area contributed by atoms with Crippen LogP contribution < -0.4 is 0 Å². The molecule has 14 rings (SSSR count). The van der Waals surface area contributed by atoms with Gasteiger partial charge in [-0.1, -0.05) is 78.9 Å². The number of para-hydroxylation sites is 4. The maximum absolute atomic E-state index is 12.5. The summed E-state index contributed by atoms with van der Waals surface area (Å²) in [7, 11) is 0. The van der Waals surface area contributed by atoms with Crippen molar-refractivity contribution < 1.29 is 0 Å². The summed E-state index contributed by atoms with van der Waals surface area (Å²) in [6.45, 7) is 4.05. The van der Waals surface area contributed by atoms with Gasteiger partial charge in [0.05, 0.1) is 97.2 Å². The largest absolute Gasteiger partial charge is 0.305 e. The monoisotopic (exact) mass is 872 g/mol. The van der Waals surface area contributed by atoms with E-state index in [-0.39, 0.29) is 0 Å². The van der Waals surface area contributed by atoms with Crippen molar-refractivity contribution in [3.8, 4) is 39.9 Å². The number of hydrogen-bond donors (Lipinski definition) is 0.